The number of amidine groups is 1. The van der Waals surface area contributed by atoms with Gasteiger partial charge in [-0.2, -0.15) is 0 Å². The standard InChI is InChI=1S/C19H24FN3O2S2/c1-18(2)17(21)23-19(3,10-27(18,24)25)16-13(20)9-15(26-16)12-6-7-22-14(8-12)11-4-5-11/h6-9,11,13,16H,4-5,10H2,1-3H3,(H2,21,23)/t13?,16?,19-/m0/s1. The van der Waals surface area contributed by atoms with E-state index in [1.165, 1.54) is 25.6 Å². The van der Waals surface area contributed by atoms with E-state index in [1.54, 1.807) is 19.2 Å². The molecule has 2 unspecified atom stereocenters. The number of rotatable bonds is 3. The van der Waals surface area contributed by atoms with Crippen LogP contribution in [0.5, 0.6) is 0 Å². The van der Waals surface area contributed by atoms with Crippen molar-refractivity contribution in [3.8, 4) is 0 Å². The summed E-state index contributed by atoms with van der Waals surface area (Å²) in [6, 6.07) is 3.89. The van der Waals surface area contributed by atoms with Crippen LogP contribution in [0.15, 0.2) is 24.4 Å². The van der Waals surface area contributed by atoms with Gasteiger partial charge in [0, 0.05) is 22.7 Å². The highest BCUT2D eigenvalue weighted by Crippen LogP contribution is 2.48. The van der Waals surface area contributed by atoms with E-state index >= 15 is 0 Å². The summed E-state index contributed by atoms with van der Waals surface area (Å²) in [6.45, 7) is 4.75. The molecule has 3 aliphatic rings. The van der Waals surface area contributed by atoms with Gasteiger partial charge in [-0.15, -0.1) is 11.8 Å². The Bertz CT molecular complexity index is 940. The monoisotopic (exact) mass is 409 g/mol. The van der Waals surface area contributed by atoms with Crippen LogP contribution >= 0.6 is 11.8 Å². The van der Waals surface area contributed by atoms with Crippen LogP contribution in [0.25, 0.3) is 4.91 Å². The van der Waals surface area contributed by atoms with Crippen molar-refractivity contribution < 1.29 is 12.8 Å². The van der Waals surface area contributed by atoms with Gasteiger partial charge in [-0.05, 0) is 57.4 Å². The van der Waals surface area contributed by atoms with Crippen LogP contribution in [0.2, 0.25) is 0 Å². The fourth-order valence-electron chi connectivity index (χ4n) is 3.68. The van der Waals surface area contributed by atoms with Crippen molar-refractivity contribution in [1.29, 1.82) is 5.41 Å². The number of pyridine rings is 1. The Morgan fingerprint density at radius 2 is 2.04 bits per heavy atom. The molecule has 27 heavy (non-hydrogen) atoms. The first-order valence-corrected chi connectivity index (χ1v) is 11.7. The molecule has 0 amide bonds. The lowest BCUT2D eigenvalue weighted by Gasteiger charge is -2.46. The molecule has 2 aliphatic heterocycles. The molecule has 1 saturated heterocycles. The molecular weight excluding hydrogens is 385 g/mol. The SMILES string of the molecule is CC1(C)C(=N)N[C@](C)(C2SC(c3ccnc(C4CC4)c3)=CC2F)CS1(=O)=O. The molecule has 1 aliphatic carbocycles. The number of allylic oxidation sites excluding steroid dienone is 1. The van der Waals surface area contributed by atoms with E-state index in [2.05, 4.69) is 10.3 Å². The number of alkyl halides is 1. The lowest BCUT2D eigenvalue weighted by Crippen LogP contribution is -2.69. The lowest BCUT2D eigenvalue weighted by atomic mass is 9.94. The summed E-state index contributed by atoms with van der Waals surface area (Å²) in [5, 5.41) is 10.6. The first-order valence-electron chi connectivity index (χ1n) is 9.12. The third-order valence-corrected chi connectivity index (χ3v) is 10.2. The highest BCUT2D eigenvalue weighted by atomic mass is 32.2. The van der Waals surface area contributed by atoms with Gasteiger partial charge >= 0.3 is 0 Å². The molecule has 2 fully saturated rings. The van der Waals surface area contributed by atoms with Crippen molar-refractivity contribution in [3.05, 3.63) is 35.7 Å². The molecule has 3 heterocycles. The minimum Gasteiger partial charge on any atom is -0.365 e. The average molecular weight is 410 g/mol. The second kappa shape index (κ2) is 6.04. The molecule has 2 N–H and O–H groups in total. The molecule has 1 saturated carbocycles. The molecule has 0 spiro atoms. The first kappa shape index (κ1) is 18.9. The van der Waals surface area contributed by atoms with Gasteiger partial charge < -0.3 is 5.32 Å². The van der Waals surface area contributed by atoms with Crippen LogP contribution in [-0.4, -0.2) is 46.7 Å². The van der Waals surface area contributed by atoms with Crippen LogP contribution in [0.3, 0.4) is 0 Å². The molecule has 0 radical (unpaired) electrons. The number of aromatic nitrogens is 1. The summed E-state index contributed by atoms with van der Waals surface area (Å²) < 4.78 is 39.2. The summed E-state index contributed by atoms with van der Waals surface area (Å²) in [5.41, 5.74) is 0.931. The zero-order chi connectivity index (χ0) is 19.6. The summed E-state index contributed by atoms with van der Waals surface area (Å²) >= 11 is 1.36. The van der Waals surface area contributed by atoms with Crippen LogP contribution in [0.4, 0.5) is 4.39 Å². The largest absolute Gasteiger partial charge is 0.365 e. The van der Waals surface area contributed by atoms with Crippen molar-refractivity contribution in [3.63, 3.8) is 0 Å². The zero-order valence-corrected chi connectivity index (χ0v) is 17.3. The van der Waals surface area contributed by atoms with Gasteiger partial charge in [0.15, 0.2) is 9.84 Å². The fourth-order valence-corrected chi connectivity index (χ4v) is 6.90. The highest BCUT2D eigenvalue weighted by Gasteiger charge is 2.55. The molecule has 3 atom stereocenters. The lowest BCUT2D eigenvalue weighted by molar-refractivity contribution is 0.304. The topological polar surface area (TPSA) is 82.9 Å². The third-order valence-electron chi connectivity index (χ3n) is 5.82. The number of hydrogen-bond acceptors (Lipinski definition) is 5. The van der Waals surface area contributed by atoms with E-state index < -0.39 is 31.5 Å². The number of thioether (sulfide) groups is 1. The van der Waals surface area contributed by atoms with Gasteiger partial charge in [0.2, 0.25) is 0 Å². The van der Waals surface area contributed by atoms with E-state index in [9.17, 15) is 12.8 Å². The minimum absolute atomic E-state index is 0.0718. The van der Waals surface area contributed by atoms with Crippen molar-refractivity contribution in [2.45, 2.75) is 61.2 Å². The Labute approximate surface area is 163 Å². The quantitative estimate of drug-likeness (QED) is 0.800. The summed E-state index contributed by atoms with van der Waals surface area (Å²) in [4.78, 5) is 5.22. The minimum atomic E-state index is -3.57. The van der Waals surface area contributed by atoms with E-state index in [0.717, 1.165) is 29.0 Å². The van der Waals surface area contributed by atoms with E-state index in [4.69, 9.17) is 5.41 Å². The van der Waals surface area contributed by atoms with Crippen LogP contribution in [-0.2, 0) is 9.84 Å². The van der Waals surface area contributed by atoms with Gasteiger partial charge in [0.25, 0.3) is 0 Å². The third kappa shape index (κ3) is 3.10. The van der Waals surface area contributed by atoms with E-state index in [1.807, 2.05) is 12.1 Å². The maximum Gasteiger partial charge on any atom is 0.164 e. The molecular formula is C19H24FN3O2S2. The molecule has 1 aromatic rings. The zero-order valence-electron chi connectivity index (χ0n) is 15.6. The van der Waals surface area contributed by atoms with Gasteiger partial charge in [0.1, 0.15) is 16.8 Å². The molecule has 4 rings (SSSR count). The second-order valence-electron chi connectivity index (χ2n) is 8.44. The van der Waals surface area contributed by atoms with Gasteiger partial charge in [-0.1, -0.05) is 0 Å². The maximum atomic E-state index is 15.0. The van der Waals surface area contributed by atoms with E-state index in [-0.39, 0.29) is 11.6 Å². The Morgan fingerprint density at radius 1 is 1.33 bits per heavy atom. The Balaban J connectivity index is 1.60. The number of hydrogen-bond donors (Lipinski definition) is 2. The number of halogens is 1. The maximum absolute atomic E-state index is 15.0. The van der Waals surface area contributed by atoms with Crippen molar-refractivity contribution in [2.75, 3.05) is 5.75 Å². The second-order valence-corrected chi connectivity index (χ2v) is 12.2. The Kier molecular flexibility index (Phi) is 4.24. The van der Waals surface area contributed by atoms with Crippen LogP contribution < -0.4 is 5.32 Å². The predicted molar refractivity (Wildman–Crippen MR) is 108 cm³/mol. The van der Waals surface area contributed by atoms with Crippen molar-refractivity contribution in [2.24, 2.45) is 0 Å². The van der Waals surface area contributed by atoms with Gasteiger partial charge in [0.05, 0.1) is 16.5 Å². The summed E-state index contributed by atoms with van der Waals surface area (Å²) in [5.74, 6) is 0.245. The Morgan fingerprint density at radius 3 is 2.67 bits per heavy atom. The van der Waals surface area contributed by atoms with Gasteiger partial charge in [-0.3, -0.25) is 10.4 Å². The first-order chi connectivity index (χ1) is 12.5. The Hall–Kier alpha value is -1.41. The summed E-state index contributed by atoms with van der Waals surface area (Å²) in [7, 11) is -3.57. The molecule has 1 aromatic heterocycles. The van der Waals surface area contributed by atoms with Crippen LogP contribution in [0, 0.1) is 5.41 Å². The molecule has 8 heteroatoms. The van der Waals surface area contributed by atoms with Crippen molar-refractivity contribution in [1.82, 2.24) is 10.3 Å². The smallest absolute Gasteiger partial charge is 0.164 e. The number of sulfone groups is 1. The van der Waals surface area contributed by atoms with Crippen LogP contribution in [0.1, 0.15) is 50.8 Å². The number of nitrogens with zero attached hydrogens (tertiary/aromatic N) is 1. The van der Waals surface area contributed by atoms with Crippen molar-refractivity contribution >= 4 is 32.3 Å². The molecule has 146 valence electrons. The summed E-state index contributed by atoms with van der Waals surface area (Å²) in [6.07, 6.45) is 4.34. The van der Waals surface area contributed by atoms with Gasteiger partial charge in [-0.25, -0.2) is 12.8 Å². The predicted octanol–water partition coefficient (Wildman–Crippen LogP) is 3.29. The van der Waals surface area contributed by atoms with E-state index in [0.29, 0.717) is 5.92 Å². The normalized spacial score (nSPS) is 34.8. The molecule has 5 nitrogen and oxygen atoms in total. The molecule has 0 aromatic carbocycles. The average Bonchev–Trinajstić information content (AvgIpc) is 3.35. The number of nitrogens with one attached hydrogen (secondary N) is 2. The fraction of sp³-hybridized carbons (Fsp3) is 0.579. The highest BCUT2D eigenvalue weighted by molar-refractivity contribution is 8.09. The molecule has 0 bridgehead atoms.